The number of alkyl halides is 12. The minimum Gasteiger partial charge on any atom is -0.491 e. The van der Waals surface area contributed by atoms with Gasteiger partial charge in [0.25, 0.3) is 0 Å². The lowest BCUT2D eigenvalue weighted by molar-refractivity contribution is -0.290. The number of ether oxygens (including phenoxy) is 4. The summed E-state index contributed by atoms with van der Waals surface area (Å²) < 4.78 is 195. The molecule has 0 fully saturated rings. The van der Waals surface area contributed by atoms with E-state index in [1.165, 1.54) is 13.8 Å². The van der Waals surface area contributed by atoms with Gasteiger partial charge in [-0.2, -0.15) is 52.7 Å². The summed E-state index contributed by atoms with van der Waals surface area (Å²) in [4.78, 5) is 0. The zero-order valence-corrected chi connectivity index (χ0v) is 30.3. The third kappa shape index (κ3) is 9.52. The zero-order chi connectivity index (χ0) is 43.3. The largest absolute Gasteiger partial charge is 0.491 e. The van der Waals surface area contributed by atoms with Crippen molar-refractivity contribution < 1.29 is 87.0 Å². The average Bonchev–Trinajstić information content (AvgIpc) is 3.12. The SMILES string of the molecule is CC(O)COc1ccc(C(c2ccc(OCC(O)COc3ccc(C(c4ccc(OC(C)CO)cc4)(C(F)(F)F)C(F)(F)F)cc3)cc2)(C(F)(F)F)C(F)(F)F)cc1. The third-order valence-corrected chi connectivity index (χ3v) is 8.82. The van der Waals surface area contributed by atoms with Crippen LogP contribution in [0.2, 0.25) is 0 Å². The highest BCUT2D eigenvalue weighted by atomic mass is 19.4. The summed E-state index contributed by atoms with van der Waals surface area (Å²) >= 11 is 0. The van der Waals surface area contributed by atoms with Crippen LogP contribution in [0.5, 0.6) is 23.0 Å². The van der Waals surface area contributed by atoms with E-state index in [1.54, 1.807) is 0 Å². The minimum absolute atomic E-state index is 0.0870. The van der Waals surface area contributed by atoms with Crippen molar-refractivity contribution in [2.24, 2.45) is 0 Å². The van der Waals surface area contributed by atoms with Gasteiger partial charge in [-0.25, -0.2) is 0 Å². The Bertz CT molecular complexity index is 1860. The maximum atomic E-state index is 14.5. The molecule has 0 aliphatic carbocycles. The molecule has 0 amide bonds. The zero-order valence-electron chi connectivity index (χ0n) is 30.3. The molecular weight excluding hydrogens is 808 g/mol. The van der Waals surface area contributed by atoms with E-state index in [0.717, 1.165) is 48.5 Å². The van der Waals surface area contributed by atoms with E-state index in [0.29, 0.717) is 48.5 Å². The summed E-state index contributed by atoms with van der Waals surface area (Å²) in [5, 5.41) is 28.8. The van der Waals surface area contributed by atoms with E-state index in [2.05, 4.69) is 0 Å². The van der Waals surface area contributed by atoms with Crippen molar-refractivity contribution in [3.05, 3.63) is 119 Å². The first kappa shape index (κ1) is 45.8. The van der Waals surface area contributed by atoms with Gasteiger partial charge in [0, 0.05) is 0 Å². The average molecular weight is 845 g/mol. The van der Waals surface area contributed by atoms with Gasteiger partial charge in [0.15, 0.2) is 0 Å². The van der Waals surface area contributed by atoms with Crippen LogP contribution in [0.1, 0.15) is 36.1 Å². The highest BCUT2D eigenvalue weighted by molar-refractivity contribution is 5.48. The Morgan fingerprint density at radius 2 is 0.690 bits per heavy atom. The second-order valence-electron chi connectivity index (χ2n) is 13.1. The predicted molar refractivity (Wildman–Crippen MR) is 183 cm³/mol. The molecular formula is C39H36F12O7. The molecule has 3 unspecified atom stereocenters. The van der Waals surface area contributed by atoms with Gasteiger partial charge >= 0.3 is 24.7 Å². The molecule has 4 rings (SSSR count). The van der Waals surface area contributed by atoms with E-state index in [9.17, 15) is 62.9 Å². The molecule has 0 bridgehead atoms. The number of aliphatic hydroxyl groups excluding tert-OH is 3. The molecule has 3 N–H and O–H groups in total. The predicted octanol–water partition coefficient (Wildman–Crippen LogP) is 8.85. The number of halogens is 12. The van der Waals surface area contributed by atoms with Crippen LogP contribution in [0, 0.1) is 0 Å². The molecule has 7 nitrogen and oxygen atoms in total. The van der Waals surface area contributed by atoms with Gasteiger partial charge in [-0.1, -0.05) is 48.5 Å². The van der Waals surface area contributed by atoms with Crippen LogP contribution in [0.15, 0.2) is 97.1 Å². The Kier molecular flexibility index (Phi) is 13.9. The van der Waals surface area contributed by atoms with Gasteiger partial charge < -0.3 is 34.3 Å². The number of benzene rings is 4. The van der Waals surface area contributed by atoms with Crippen molar-refractivity contribution in [3.8, 4) is 23.0 Å². The number of hydrogen-bond acceptors (Lipinski definition) is 7. The smallest absolute Gasteiger partial charge is 0.411 e. The van der Waals surface area contributed by atoms with Gasteiger partial charge in [0.1, 0.15) is 55.0 Å². The van der Waals surface area contributed by atoms with Gasteiger partial charge in [-0.15, -0.1) is 0 Å². The van der Waals surface area contributed by atoms with E-state index in [-0.39, 0.29) is 29.6 Å². The fourth-order valence-corrected chi connectivity index (χ4v) is 6.07. The summed E-state index contributed by atoms with van der Waals surface area (Å²) in [6.45, 7) is 0.744. The third-order valence-electron chi connectivity index (χ3n) is 8.82. The van der Waals surface area contributed by atoms with E-state index in [1.807, 2.05) is 0 Å². The Hall–Kier alpha value is -4.88. The number of aliphatic hydroxyl groups is 3. The van der Waals surface area contributed by atoms with Gasteiger partial charge in [-0.05, 0) is 84.6 Å². The normalized spacial score (nSPS) is 14.7. The Balaban J connectivity index is 1.48. The molecule has 0 saturated heterocycles. The van der Waals surface area contributed by atoms with Crippen LogP contribution in [0.3, 0.4) is 0 Å². The lowest BCUT2D eigenvalue weighted by Gasteiger charge is -2.38. The molecule has 58 heavy (non-hydrogen) atoms. The first-order chi connectivity index (χ1) is 26.9. The summed E-state index contributed by atoms with van der Waals surface area (Å²) in [6.07, 6.45) is -26.9. The first-order valence-electron chi connectivity index (χ1n) is 17.1. The van der Waals surface area contributed by atoms with Crippen LogP contribution >= 0.6 is 0 Å². The summed E-state index contributed by atoms with van der Waals surface area (Å²) in [6, 6.07) is 11.4. The fraction of sp³-hybridized carbons (Fsp3) is 0.385. The summed E-state index contributed by atoms with van der Waals surface area (Å²) in [5.41, 5.74) is -13.8. The number of rotatable bonds is 16. The lowest BCUT2D eigenvalue weighted by Crippen LogP contribution is -2.54. The quantitative estimate of drug-likeness (QED) is 0.0971. The molecule has 0 aliphatic heterocycles. The number of hydrogen-bond donors (Lipinski definition) is 3. The van der Waals surface area contributed by atoms with E-state index < -0.39 is 95.9 Å². The molecule has 19 heteroatoms. The summed E-state index contributed by atoms with van der Waals surface area (Å²) in [7, 11) is 0. The van der Waals surface area contributed by atoms with Crippen molar-refractivity contribution in [1.29, 1.82) is 0 Å². The molecule has 4 aromatic rings. The fourth-order valence-electron chi connectivity index (χ4n) is 6.07. The van der Waals surface area contributed by atoms with Crippen molar-refractivity contribution in [2.45, 2.75) is 67.7 Å². The van der Waals surface area contributed by atoms with E-state index in [4.69, 9.17) is 24.1 Å². The second kappa shape index (κ2) is 17.5. The standard InChI is InChI=1S/C39H36F12O7/c1-23(53)20-55-30-11-3-25(4-12-30)34(36(40,41)42,37(43,44)45)26-5-13-31(14-6-26)56-21-29(54)22-57-32-15-7-27(8-16-32)35(38(46,47)48,39(49,50)51)28-9-17-33(18-10-28)58-24(2)19-52/h3-18,23-24,29,52-54H,19-22H2,1-2H3. The molecule has 0 aliphatic rings. The molecule has 0 heterocycles. The molecule has 4 aromatic carbocycles. The van der Waals surface area contributed by atoms with Crippen molar-refractivity contribution in [3.63, 3.8) is 0 Å². The van der Waals surface area contributed by atoms with Gasteiger partial charge in [0.05, 0.1) is 12.7 Å². The monoisotopic (exact) mass is 844 g/mol. The molecule has 0 saturated carbocycles. The Morgan fingerprint density at radius 1 is 0.431 bits per heavy atom. The first-order valence-corrected chi connectivity index (χ1v) is 17.1. The molecule has 0 radical (unpaired) electrons. The highest BCUT2D eigenvalue weighted by Gasteiger charge is 2.73. The molecule has 0 spiro atoms. The molecule has 3 atom stereocenters. The maximum absolute atomic E-state index is 14.5. The molecule has 0 aromatic heterocycles. The Labute approximate surface area is 323 Å². The van der Waals surface area contributed by atoms with Crippen molar-refractivity contribution >= 4 is 0 Å². The van der Waals surface area contributed by atoms with Gasteiger partial charge in [0.2, 0.25) is 10.8 Å². The van der Waals surface area contributed by atoms with Gasteiger partial charge in [-0.3, -0.25) is 0 Å². The maximum Gasteiger partial charge on any atom is 0.411 e. The molecule has 318 valence electrons. The van der Waals surface area contributed by atoms with Crippen molar-refractivity contribution in [2.75, 3.05) is 26.4 Å². The minimum atomic E-state index is -5.90. The lowest BCUT2D eigenvalue weighted by atomic mass is 9.73. The summed E-state index contributed by atoms with van der Waals surface area (Å²) in [5.74, 6) is -0.720. The topological polar surface area (TPSA) is 97.6 Å². The highest BCUT2D eigenvalue weighted by Crippen LogP contribution is 2.58. The van der Waals surface area contributed by atoms with Crippen molar-refractivity contribution in [1.82, 2.24) is 0 Å². The second-order valence-corrected chi connectivity index (χ2v) is 13.1. The van der Waals surface area contributed by atoms with E-state index >= 15 is 0 Å². The van der Waals surface area contributed by atoms with Crippen LogP contribution < -0.4 is 18.9 Å². The van der Waals surface area contributed by atoms with Crippen LogP contribution in [0.4, 0.5) is 52.7 Å². The van der Waals surface area contributed by atoms with Crippen LogP contribution in [-0.2, 0) is 10.8 Å². The van der Waals surface area contributed by atoms with Crippen LogP contribution in [-0.4, -0.2) is 84.8 Å². The Morgan fingerprint density at radius 3 is 0.931 bits per heavy atom. The van der Waals surface area contributed by atoms with Crippen LogP contribution in [0.25, 0.3) is 0 Å².